The fraction of sp³-hybridized carbons (Fsp3) is 0.188. The first kappa shape index (κ1) is 26.8. The molecule has 2 aliphatic heterocycles. The molecule has 0 amide bonds. The normalized spacial score (nSPS) is 21.0. The summed E-state index contributed by atoms with van der Waals surface area (Å²) in [6.45, 7) is 0. The first-order valence-electron chi connectivity index (χ1n) is 13.0. The van der Waals surface area contributed by atoms with Crippen molar-refractivity contribution in [2.45, 2.75) is 11.8 Å². The lowest BCUT2D eigenvalue weighted by molar-refractivity contribution is -0.154. The molecule has 6 rings (SSSR count). The van der Waals surface area contributed by atoms with E-state index in [2.05, 4.69) is 0 Å². The molecule has 0 radical (unpaired) electrons. The van der Waals surface area contributed by atoms with Gasteiger partial charge in [0.15, 0.2) is 0 Å². The Hall–Kier alpha value is -5.38. The summed E-state index contributed by atoms with van der Waals surface area (Å²) in [5, 5.41) is 40.7. The molecule has 0 spiro atoms. The predicted octanol–water partition coefficient (Wildman–Crippen LogP) is 4.56. The highest BCUT2D eigenvalue weighted by atomic mass is 16.5. The van der Waals surface area contributed by atoms with Crippen LogP contribution in [-0.4, -0.2) is 46.6 Å². The van der Waals surface area contributed by atoms with Crippen LogP contribution in [0.5, 0.6) is 46.0 Å². The lowest BCUT2D eigenvalue weighted by Gasteiger charge is -2.42. The Morgan fingerprint density at radius 1 is 0.548 bits per heavy atom. The molecule has 10 nitrogen and oxygen atoms in total. The molecule has 0 aliphatic carbocycles. The van der Waals surface area contributed by atoms with Crippen LogP contribution < -0.4 is 18.9 Å². The van der Waals surface area contributed by atoms with Gasteiger partial charge in [-0.15, -0.1) is 0 Å². The van der Waals surface area contributed by atoms with Gasteiger partial charge in [0, 0.05) is 47.2 Å². The summed E-state index contributed by atoms with van der Waals surface area (Å²) in [6.07, 6.45) is 0. The zero-order valence-corrected chi connectivity index (χ0v) is 22.5. The summed E-state index contributed by atoms with van der Waals surface area (Å²) >= 11 is 0. The van der Waals surface area contributed by atoms with Crippen LogP contribution in [0.15, 0.2) is 72.8 Å². The van der Waals surface area contributed by atoms with E-state index in [1.807, 2.05) is 0 Å². The molecule has 4 N–H and O–H groups in total. The van der Waals surface area contributed by atoms with Gasteiger partial charge in [0.05, 0.1) is 26.1 Å². The molecular formula is C32H26O10. The number of esters is 2. The zero-order valence-electron chi connectivity index (χ0n) is 22.5. The van der Waals surface area contributed by atoms with Crippen molar-refractivity contribution in [3.05, 3.63) is 95.1 Å². The van der Waals surface area contributed by atoms with E-state index in [1.54, 1.807) is 24.3 Å². The van der Waals surface area contributed by atoms with Crippen molar-refractivity contribution in [3.8, 4) is 46.0 Å². The first-order valence-corrected chi connectivity index (χ1v) is 13.0. The van der Waals surface area contributed by atoms with Gasteiger partial charge in [-0.25, -0.2) is 0 Å². The Labute approximate surface area is 239 Å². The quantitative estimate of drug-likeness (QED) is 0.198. The van der Waals surface area contributed by atoms with Crippen molar-refractivity contribution in [1.82, 2.24) is 0 Å². The van der Waals surface area contributed by atoms with Crippen LogP contribution >= 0.6 is 0 Å². The number of carbonyl (C=O) groups is 2. The van der Waals surface area contributed by atoms with E-state index in [0.29, 0.717) is 22.3 Å². The highest BCUT2D eigenvalue weighted by molar-refractivity contribution is 5.91. The molecule has 0 saturated heterocycles. The summed E-state index contributed by atoms with van der Waals surface area (Å²) < 4.78 is 22.7. The van der Waals surface area contributed by atoms with E-state index in [1.165, 1.54) is 62.8 Å². The van der Waals surface area contributed by atoms with Crippen LogP contribution in [-0.2, 0) is 9.59 Å². The Kier molecular flexibility index (Phi) is 6.53. The highest BCUT2D eigenvalue weighted by Crippen LogP contribution is 2.57. The molecule has 2 aliphatic rings. The van der Waals surface area contributed by atoms with Crippen LogP contribution in [0.2, 0.25) is 0 Å². The molecule has 4 unspecified atom stereocenters. The van der Waals surface area contributed by atoms with Gasteiger partial charge in [0.2, 0.25) is 0 Å². The molecule has 0 bridgehead atoms. The SMILES string of the molecule is COc1cc(O)cc2c1C(c1ccc(O)cc1)C(C1C(=O)Oc3cc(O)cc(OC)c3C1c1ccc(O)cc1)C(=O)O2. The summed E-state index contributed by atoms with van der Waals surface area (Å²) in [5.41, 5.74) is 1.98. The standard InChI is InChI=1S/C32H26O10/c1-39-21-11-19(35)13-23-27(21)25(15-3-7-17(33)8-4-15)29(31(37)41-23)30-26(16-5-9-18(34)10-6-16)28-22(40-2)12-20(36)14-24(28)42-32(30)38/h3-14,25-26,29-30,33-36H,1-2H3. The number of aromatic hydroxyl groups is 4. The smallest absolute Gasteiger partial charge is 0.316 e. The van der Waals surface area contributed by atoms with E-state index < -0.39 is 35.6 Å². The minimum absolute atomic E-state index is 0.00379. The Balaban J connectivity index is 1.63. The predicted molar refractivity (Wildman–Crippen MR) is 147 cm³/mol. The number of benzene rings is 4. The van der Waals surface area contributed by atoms with Crippen LogP contribution in [0, 0.1) is 11.8 Å². The second-order valence-corrected chi connectivity index (χ2v) is 10.2. The maximum absolute atomic E-state index is 14.0. The number of methoxy groups -OCH3 is 2. The number of phenolic OH excluding ortho intramolecular Hbond substituents is 4. The van der Waals surface area contributed by atoms with Crippen LogP contribution in [0.4, 0.5) is 0 Å². The molecule has 4 aromatic carbocycles. The fourth-order valence-corrected chi connectivity index (χ4v) is 6.10. The van der Waals surface area contributed by atoms with E-state index in [-0.39, 0.29) is 46.0 Å². The second-order valence-electron chi connectivity index (χ2n) is 10.2. The highest BCUT2D eigenvalue weighted by Gasteiger charge is 2.54. The van der Waals surface area contributed by atoms with Gasteiger partial charge >= 0.3 is 11.9 Å². The molecule has 0 fully saturated rings. The lowest BCUT2D eigenvalue weighted by atomic mass is 9.65. The average molecular weight is 571 g/mol. The summed E-state index contributed by atoms with van der Waals surface area (Å²) in [5.74, 6) is -5.34. The van der Waals surface area contributed by atoms with Gasteiger partial charge < -0.3 is 39.4 Å². The lowest BCUT2D eigenvalue weighted by Crippen LogP contribution is -2.46. The Morgan fingerprint density at radius 3 is 1.24 bits per heavy atom. The van der Waals surface area contributed by atoms with Crippen molar-refractivity contribution >= 4 is 11.9 Å². The number of phenols is 4. The first-order chi connectivity index (χ1) is 20.2. The van der Waals surface area contributed by atoms with Crippen LogP contribution in [0.3, 0.4) is 0 Å². The number of ether oxygens (including phenoxy) is 4. The number of hydrogen-bond acceptors (Lipinski definition) is 10. The Bertz CT molecular complexity index is 1570. The molecule has 42 heavy (non-hydrogen) atoms. The van der Waals surface area contributed by atoms with Crippen molar-refractivity contribution in [2.75, 3.05) is 14.2 Å². The topological polar surface area (TPSA) is 152 Å². The van der Waals surface area contributed by atoms with Crippen molar-refractivity contribution < 1.29 is 49.0 Å². The molecule has 0 saturated carbocycles. The van der Waals surface area contributed by atoms with Crippen LogP contribution in [0.25, 0.3) is 0 Å². The molecule has 10 heteroatoms. The average Bonchev–Trinajstić information content (AvgIpc) is 2.96. The largest absolute Gasteiger partial charge is 0.508 e. The molecule has 4 aromatic rings. The minimum atomic E-state index is -1.20. The van der Waals surface area contributed by atoms with E-state index in [0.717, 1.165) is 0 Å². The number of carbonyl (C=O) groups excluding carboxylic acids is 2. The molecule has 2 heterocycles. The van der Waals surface area contributed by atoms with Crippen LogP contribution in [0.1, 0.15) is 34.1 Å². The number of fused-ring (bicyclic) bond motifs is 2. The maximum atomic E-state index is 14.0. The third-order valence-corrected chi connectivity index (χ3v) is 7.81. The van der Waals surface area contributed by atoms with Crippen molar-refractivity contribution in [1.29, 1.82) is 0 Å². The fourth-order valence-electron chi connectivity index (χ4n) is 6.10. The second kappa shape index (κ2) is 10.2. The third-order valence-electron chi connectivity index (χ3n) is 7.81. The van der Waals surface area contributed by atoms with E-state index >= 15 is 0 Å². The monoisotopic (exact) mass is 570 g/mol. The number of hydrogen-bond donors (Lipinski definition) is 4. The molecular weight excluding hydrogens is 544 g/mol. The van der Waals surface area contributed by atoms with Gasteiger partial charge in [-0.05, 0) is 35.4 Å². The van der Waals surface area contributed by atoms with Crippen molar-refractivity contribution in [3.63, 3.8) is 0 Å². The summed E-state index contributed by atoms with van der Waals surface area (Å²) in [6, 6.07) is 17.8. The van der Waals surface area contributed by atoms with Gasteiger partial charge in [-0.1, -0.05) is 24.3 Å². The summed E-state index contributed by atoms with van der Waals surface area (Å²) in [4.78, 5) is 28.0. The van der Waals surface area contributed by atoms with E-state index in [9.17, 15) is 30.0 Å². The van der Waals surface area contributed by atoms with Crippen molar-refractivity contribution in [2.24, 2.45) is 11.8 Å². The van der Waals surface area contributed by atoms with Gasteiger partial charge in [-0.3, -0.25) is 9.59 Å². The third kappa shape index (κ3) is 4.37. The number of rotatable bonds is 5. The van der Waals surface area contributed by atoms with Gasteiger partial charge in [0.25, 0.3) is 0 Å². The van der Waals surface area contributed by atoms with Gasteiger partial charge in [-0.2, -0.15) is 0 Å². The summed E-state index contributed by atoms with van der Waals surface area (Å²) in [7, 11) is 2.83. The Morgan fingerprint density at radius 2 is 0.905 bits per heavy atom. The van der Waals surface area contributed by atoms with E-state index in [4.69, 9.17) is 18.9 Å². The molecule has 4 atom stereocenters. The van der Waals surface area contributed by atoms with Gasteiger partial charge in [0.1, 0.15) is 46.0 Å². The minimum Gasteiger partial charge on any atom is -0.508 e. The molecule has 0 aromatic heterocycles. The maximum Gasteiger partial charge on any atom is 0.316 e. The zero-order chi connectivity index (χ0) is 29.7. The molecule has 214 valence electrons.